The summed E-state index contributed by atoms with van der Waals surface area (Å²) in [7, 11) is 0. The maximum Gasteiger partial charge on any atom is 0.416 e. The minimum atomic E-state index is -0.725. The summed E-state index contributed by atoms with van der Waals surface area (Å²) < 4.78 is 19.7. The van der Waals surface area contributed by atoms with Gasteiger partial charge in [0.1, 0.15) is 27.4 Å². The second-order valence-electron chi connectivity index (χ2n) is 11.6. The van der Waals surface area contributed by atoms with Gasteiger partial charge in [0.15, 0.2) is 5.82 Å². The predicted molar refractivity (Wildman–Crippen MR) is 158 cm³/mol. The number of aromatic nitrogens is 3. The van der Waals surface area contributed by atoms with Crippen molar-refractivity contribution in [2.75, 3.05) is 11.5 Å². The van der Waals surface area contributed by atoms with Crippen LogP contribution in [0.2, 0.25) is 5.28 Å². The lowest BCUT2D eigenvalue weighted by molar-refractivity contribution is -0.0169. The summed E-state index contributed by atoms with van der Waals surface area (Å²) >= 11 is 11.6. The molecule has 2 amide bonds. The molecule has 1 aliphatic heterocycles. The maximum absolute atomic E-state index is 13.5. The third kappa shape index (κ3) is 7.07. The first kappa shape index (κ1) is 30.5. The number of ether oxygens (including phenoxy) is 3. The van der Waals surface area contributed by atoms with Gasteiger partial charge in [-0.1, -0.05) is 6.07 Å². The van der Waals surface area contributed by atoms with Crippen molar-refractivity contribution >= 4 is 62.4 Å². The van der Waals surface area contributed by atoms with Gasteiger partial charge in [-0.3, -0.25) is 4.90 Å². The van der Waals surface area contributed by atoms with Crippen LogP contribution in [0.3, 0.4) is 0 Å². The third-order valence-corrected chi connectivity index (χ3v) is 7.83. The Bertz CT molecular complexity index is 1380. The maximum atomic E-state index is 13.5. The van der Waals surface area contributed by atoms with Crippen molar-refractivity contribution in [2.45, 2.75) is 91.2 Å². The highest BCUT2D eigenvalue weighted by atomic mass is 79.9. The van der Waals surface area contributed by atoms with Gasteiger partial charge in [-0.2, -0.15) is 4.98 Å². The number of aryl methyl sites for hydroxylation is 1. The average Bonchev–Trinajstić information content (AvgIpc) is 3.41. The monoisotopic (exact) mass is 655 g/mol. The fourth-order valence-electron chi connectivity index (χ4n) is 4.55. The zero-order chi connectivity index (χ0) is 29.4. The first-order chi connectivity index (χ1) is 18.6. The summed E-state index contributed by atoms with van der Waals surface area (Å²) in [5.41, 5.74) is 0.765. The van der Waals surface area contributed by atoms with Gasteiger partial charge >= 0.3 is 12.2 Å². The van der Waals surface area contributed by atoms with Crippen molar-refractivity contribution < 1.29 is 23.8 Å². The quantitative estimate of drug-likeness (QED) is 0.309. The van der Waals surface area contributed by atoms with Gasteiger partial charge < -0.3 is 19.5 Å². The number of hydrogen-bond acceptors (Lipinski definition) is 8. The highest BCUT2D eigenvalue weighted by Gasteiger charge is 2.37. The smallest absolute Gasteiger partial charge is 0.416 e. The molecule has 4 rings (SSSR count). The fourth-order valence-corrected chi connectivity index (χ4v) is 6.18. The summed E-state index contributed by atoms with van der Waals surface area (Å²) in [6.07, 6.45) is -0.0963. The van der Waals surface area contributed by atoms with Gasteiger partial charge in [-0.25, -0.2) is 14.1 Å². The van der Waals surface area contributed by atoms with Crippen LogP contribution < -0.4 is 10.2 Å². The van der Waals surface area contributed by atoms with Crippen molar-refractivity contribution in [1.29, 1.82) is 0 Å². The van der Waals surface area contributed by atoms with E-state index in [1.807, 2.05) is 66.0 Å². The number of fused-ring (bicyclic) bond motifs is 1. The molecule has 0 bridgehead atoms. The molecule has 0 aliphatic carbocycles. The molecule has 1 saturated heterocycles. The van der Waals surface area contributed by atoms with E-state index in [9.17, 15) is 9.59 Å². The highest BCUT2D eigenvalue weighted by molar-refractivity contribution is 9.10. The Morgan fingerprint density at radius 2 is 1.95 bits per heavy atom. The number of nitrogens with zero attached hydrogens (tertiary/aromatic N) is 4. The van der Waals surface area contributed by atoms with Crippen LogP contribution in [-0.2, 0) is 20.8 Å². The summed E-state index contributed by atoms with van der Waals surface area (Å²) in [5.74, 6) is 0.305. The fraction of sp³-hybridized carbons (Fsp3) is 0.556. The second-order valence-corrected chi connectivity index (χ2v) is 13.7. The number of thiophene rings is 1. The molecule has 0 aromatic carbocycles. The third-order valence-electron chi connectivity index (χ3n) is 6.04. The van der Waals surface area contributed by atoms with Crippen LogP contribution in [0.15, 0.2) is 22.1 Å². The van der Waals surface area contributed by atoms with E-state index in [0.29, 0.717) is 29.0 Å². The van der Waals surface area contributed by atoms with Crippen molar-refractivity contribution in [1.82, 2.24) is 19.9 Å². The predicted octanol–water partition coefficient (Wildman–Crippen LogP) is 7.20. The van der Waals surface area contributed by atoms with E-state index in [-0.39, 0.29) is 17.9 Å². The van der Waals surface area contributed by atoms with Crippen molar-refractivity contribution in [3.05, 3.63) is 43.4 Å². The van der Waals surface area contributed by atoms with E-state index in [4.69, 9.17) is 25.8 Å². The first-order valence-electron chi connectivity index (χ1n) is 13.0. The Hall–Kier alpha value is -2.41. The molecule has 3 aromatic rings. The summed E-state index contributed by atoms with van der Waals surface area (Å²) in [5, 5.41) is 9.33. The molecule has 1 N–H and O–H groups in total. The van der Waals surface area contributed by atoms with Crippen molar-refractivity contribution in [3.8, 4) is 0 Å². The topological polar surface area (TPSA) is 107 Å². The molecule has 4 heterocycles. The van der Waals surface area contributed by atoms with E-state index in [1.54, 1.807) is 4.52 Å². The Kier molecular flexibility index (Phi) is 9.03. The SMILES string of the molecule is Cc1c([C@H]2OCCC[C@@H]2NC(=O)OC(C)(C)C)c(Br)n2nc(Cl)nc(N(Cc3cccs3)C(=O)OC(C)(C)C)c12. The zero-order valence-corrected chi connectivity index (χ0v) is 26.9. The number of carbonyl (C=O) groups is 2. The van der Waals surface area contributed by atoms with Gasteiger partial charge in [0, 0.05) is 17.0 Å². The second kappa shape index (κ2) is 11.8. The molecule has 1 aliphatic rings. The van der Waals surface area contributed by atoms with Crippen LogP contribution in [-0.4, -0.2) is 50.6 Å². The molecule has 0 radical (unpaired) electrons. The van der Waals surface area contributed by atoms with E-state index in [2.05, 4.69) is 31.3 Å². The molecule has 13 heteroatoms. The largest absolute Gasteiger partial charge is 0.444 e. The molecule has 0 unspecified atom stereocenters. The van der Waals surface area contributed by atoms with Gasteiger partial charge in [-0.15, -0.1) is 16.4 Å². The molecule has 218 valence electrons. The van der Waals surface area contributed by atoms with Gasteiger partial charge in [0.25, 0.3) is 0 Å². The number of carbonyl (C=O) groups excluding carboxylic acids is 2. The Balaban J connectivity index is 1.81. The molecule has 10 nitrogen and oxygen atoms in total. The van der Waals surface area contributed by atoms with Crippen LogP contribution >= 0.6 is 38.9 Å². The summed E-state index contributed by atoms with van der Waals surface area (Å²) in [4.78, 5) is 33.1. The molecule has 40 heavy (non-hydrogen) atoms. The van der Waals surface area contributed by atoms with Crippen molar-refractivity contribution in [2.24, 2.45) is 0 Å². The number of halogens is 2. The lowest BCUT2D eigenvalue weighted by atomic mass is 9.95. The summed E-state index contributed by atoms with van der Waals surface area (Å²) in [6.45, 7) is 13.6. The van der Waals surface area contributed by atoms with Gasteiger partial charge in [0.2, 0.25) is 5.28 Å². The minimum absolute atomic E-state index is 0.0440. The van der Waals surface area contributed by atoms with E-state index >= 15 is 0 Å². The molecule has 2 atom stereocenters. The zero-order valence-electron chi connectivity index (χ0n) is 23.7. The first-order valence-corrected chi connectivity index (χ1v) is 15.1. The van der Waals surface area contributed by atoms with Crippen LogP contribution in [0.4, 0.5) is 15.4 Å². The standard InChI is InChI=1S/C27H35BrClN5O5S/c1-15-18(20-17(11-8-12-37-20)30-24(35)38-26(2,3)4)21(28)34-19(15)22(31-23(29)32-34)33(14-16-10-9-13-40-16)25(36)39-27(5,6)7/h9-10,13,17,20H,8,11-12,14H2,1-7H3,(H,30,35)/t17-,20-/m0/s1. The highest BCUT2D eigenvalue weighted by Crippen LogP contribution is 2.41. The average molecular weight is 657 g/mol. The molecule has 1 fully saturated rings. The molecular formula is C27H35BrClN5O5S. The van der Waals surface area contributed by atoms with Crippen LogP contribution in [0.1, 0.15) is 76.5 Å². The van der Waals surface area contributed by atoms with E-state index in [1.165, 1.54) is 16.2 Å². The number of rotatable bonds is 5. The number of hydrogen-bond donors (Lipinski definition) is 1. The lowest BCUT2D eigenvalue weighted by Crippen LogP contribution is -2.45. The molecule has 0 spiro atoms. The van der Waals surface area contributed by atoms with E-state index in [0.717, 1.165) is 22.4 Å². The Morgan fingerprint density at radius 3 is 2.58 bits per heavy atom. The Morgan fingerprint density at radius 1 is 1.25 bits per heavy atom. The van der Waals surface area contributed by atoms with Crippen LogP contribution in [0.25, 0.3) is 5.52 Å². The molecule has 0 saturated carbocycles. The minimum Gasteiger partial charge on any atom is -0.444 e. The number of amides is 2. The van der Waals surface area contributed by atoms with Gasteiger partial charge in [0.05, 0.1) is 12.6 Å². The number of anilines is 1. The number of alkyl carbamates (subject to hydrolysis) is 1. The van der Waals surface area contributed by atoms with Crippen LogP contribution in [0, 0.1) is 6.92 Å². The molecule has 3 aromatic heterocycles. The lowest BCUT2D eigenvalue weighted by Gasteiger charge is -2.33. The Labute approximate surface area is 251 Å². The van der Waals surface area contributed by atoms with Gasteiger partial charge in [-0.05, 0) is 106 Å². The van der Waals surface area contributed by atoms with Crippen LogP contribution in [0.5, 0.6) is 0 Å². The molecular weight excluding hydrogens is 622 g/mol. The summed E-state index contributed by atoms with van der Waals surface area (Å²) in [6, 6.07) is 3.51. The van der Waals surface area contributed by atoms with Crippen molar-refractivity contribution in [3.63, 3.8) is 0 Å². The number of nitrogens with one attached hydrogen (secondary N) is 1. The normalized spacial score (nSPS) is 18.0. The van der Waals surface area contributed by atoms with E-state index < -0.39 is 29.5 Å².